The lowest BCUT2D eigenvalue weighted by Crippen LogP contribution is -2.47. The molecule has 4 nitrogen and oxygen atoms in total. The summed E-state index contributed by atoms with van der Waals surface area (Å²) in [5.41, 5.74) is 9.21. The highest BCUT2D eigenvalue weighted by atomic mass is 16.2. The van der Waals surface area contributed by atoms with E-state index < -0.39 is 0 Å². The Labute approximate surface area is 119 Å². The zero-order chi connectivity index (χ0) is 13.5. The molecule has 4 heteroatoms. The summed E-state index contributed by atoms with van der Waals surface area (Å²) in [4.78, 5) is 14.6. The predicted molar refractivity (Wildman–Crippen MR) is 76.8 cm³/mol. The molecule has 20 heavy (non-hydrogen) atoms. The Bertz CT molecular complexity index is 526. The molecule has 1 aliphatic carbocycles. The van der Waals surface area contributed by atoms with E-state index in [4.69, 9.17) is 0 Å². The van der Waals surface area contributed by atoms with E-state index in [1.165, 1.54) is 24.0 Å². The zero-order valence-corrected chi connectivity index (χ0v) is 11.6. The van der Waals surface area contributed by atoms with Crippen molar-refractivity contribution in [2.45, 2.75) is 44.3 Å². The highest BCUT2D eigenvalue weighted by Gasteiger charge is 2.40. The second-order valence-corrected chi connectivity index (χ2v) is 6.30. The largest absolute Gasteiger partial charge is 0.337 e. The summed E-state index contributed by atoms with van der Waals surface area (Å²) in [5.74, 6) is 1.05. The van der Waals surface area contributed by atoms with E-state index >= 15 is 0 Å². The molecule has 2 aliphatic heterocycles. The number of hydrazine groups is 1. The van der Waals surface area contributed by atoms with Crippen LogP contribution in [0, 0.1) is 5.92 Å². The van der Waals surface area contributed by atoms with E-state index in [9.17, 15) is 4.79 Å². The summed E-state index contributed by atoms with van der Waals surface area (Å²) >= 11 is 0. The van der Waals surface area contributed by atoms with E-state index in [1.54, 1.807) is 0 Å². The van der Waals surface area contributed by atoms with E-state index in [2.05, 4.69) is 35.1 Å². The van der Waals surface area contributed by atoms with Gasteiger partial charge in [0.25, 0.3) is 0 Å². The average molecular weight is 271 g/mol. The van der Waals surface area contributed by atoms with Gasteiger partial charge in [0.05, 0.1) is 0 Å². The fourth-order valence-corrected chi connectivity index (χ4v) is 3.46. The summed E-state index contributed by atoms with van der Waals surface area (Å²) in [6, 6.07) is 8.93. The Morgan fingerprint density at radius 1 is 1.15 bits per heavy atom. The maximum atomic E-state index is 12.6. The third-order valence-electron chi connectivity index (χ3n) is 4.86. The zero-order valence-electron chi connectivity index (χ0n) is 11.6. The molecule has 4 rings (SSSR count). The minimum atomic E-state index is -0.0362. The molecule has 1 saturated carbocycles. The summed E-state index contributed by atoms with van der Waals surface area (Å²) in [6.45, 7) is 1.61. The lowest BCUT2D eigenvalue weighted by molar-refractivity contribution is -0.134. The molecule has 0 aromatic heterocycles. The number of nitrogens with one attached hydrogen (secondary N) is 2. The maximum absolute atomic E-state index is 12.6. The third kappa shape index (κ3) is 2.23. The van der Waals surface area contributed by atoms with Crippen LogP contribution in [0.25, 0.3) is 0 Å². The minimum absolute atomic E-state index is 0.0362. The molecule has 3 aliphatic rings. The second kappa shape index (κ2) is 4.86. The van der Waals surface area contributed by atoms with E-state index in [0.717, 1.165) is 31.8 Å². The van der Waals surface area contributed by atoms with Crippen molar-refractivity contribution in [1.29, 1.82) is 0 Å². The SMILES string of the molecule is O=C(C1CC(C2CC2)NN1)N1CCc2ccccc2C1. The Morgan fingerprint density at radius 2 is 1.95 bits per heavy atom. The van der Waals surface area contributed by atoms with E-state index in [1.807, 2.05) is 4.90 Å². The van der Waals surface area contributed by atoms with Gasteiger partial charge in [-0.25, -0.2) is 5.43 Å². The maximum Gasteiger partial charge on any atom is 0.241 e. The van der Waals surface area contributed by atoms with Gasteiger partial charge in [0.15, 0.2) is 0 Å². The number of fused-ring (bicyclic) bond motifs is 1. The fourth-order valence-electron chi connectivity index (χ4n) is 3.46. The number of benzene rings is 1. The molecular formula is C16H21N3O. The van der Waals surface area contributed by atoms with E-state index in [0.29, 0.717) is 6.04 Å². The molecule has 106 valence electrons. The summed E-state index contributed by atoms with van der Waals surface area (Å²) in [7, 11) is 0. The topological polar surface area (TPSA) is 44.4 Å². The molecule has 2 N–H and O–H groups in total. The normalized spacial score (nSPS) is 29.3. The monoisotopic (exact) mass is 271 g/mol. The van der Waals surface area contributed by atoms with Gasteiger partial charge in [-0.3, -0.25) is 10.2 Å². The smallest absolute Gasteiger partial charge is 0.241 e. The van der Waals surface area contributed by atoms with Crippen LogP contribution in [0.15, 0.2) is 24.3 Å². The van der Waals surface area contributed by atoms with Crippen LogP contribution in [0.1, 0.15) is 30.4 Å². The van der Waals surface area contributed by atoms with Gasteiger partial charge in [-0.2, -0.15) is 0 Å². The van der Waals surface area contributed by atoms with Gasteiger partial charge in [0.2, 0.25) is 5.91 Å². The Hall–Kier alpha value is -1.39. The highest BCUT2D eigenvalue weighted by Crippen LogP contribution is 2.36. The van der Waals surface area contributed by atoms with Gasteiger partial charge >= 0.3 is 0 Å². The van der Waals surface area contributed by atoms with Crippen molar-refractivity contribution in [2.75, 3.05) is 6.54 Å². The molecule has 0 bridgehead atoms. The highest BCUT2D eigenvalue weighted by molar-refractivity contribution is 5.82. The quantitative estimate of drug-likeness (QED) is 0.850. The van der Waals surface area contributed by atoms with Gasteiger partial charge in [-0.05, 0) is 42.7 Å². The number of rotatable bonds is 2. The van der Waals surface area contributed by atoms with Gasteiger partial charge in [-0.15, -0.1) is 0 Å². The van der Waals surface area contributed by atoms with Crippen LogP contribution in [0.4, 0.5) is 0 Å². The molecule has 2 unspecified atom stereocenters. The van der Waals surface area contributed by atoms with Crippen LogP contribution in [0.5, 0.6) is 0 Å². The lowest BCUT2D eigenvalue weighted by atomic mass is 9.98. The van der Waals surface area contributed by atoms with Crippen LogP contribution in [-0.4, -0.2) is 29.4 Å². The van der Waals surface area contributed by atoms with Crippen molar-refractivity contribution in [3.05, 3.63) is 35.4 Å². The molecule has 2 heterocycles. The summed E-state index contributed by atoms with van der Waals surface area (Å²) < 4.78 is 0. The molecule has 1 aromatic carbocycles. The van der Waals surface area contributed by atoms with Crippen molar-refractivity contribution in [2.24, 2.45) is 5.92 Å². The van der Waals surface area contributed by atoms with E-state index in [-0.39, 0.29) is 11.9 Å². The number of hydrogen-bond acceptors (Lipinski definition) is 3. The van der Waals surface area contributed by atoms with Crippen LogP contribution in [0.3, 0.4) is 0 Å². The second-order valence-electron chi connectivity index (χ2n) is 6.30. The lowest BCUT2D eigenvalue weighted by Gasteiger charge is -2.30. The average Bonchev–Trinajstić information content (AvgIpc) is 3.23. The summed E-state index contributed by atoms with van der Waals surface area (Å²) in [5, 5.41) is 0. The number of nitrogens with zero attached hydrogens (tertiary/aromatic N) is 1. The molecule has 2 fully saturated rings. The molecule has 1 amide bonds. The first-order valence-electron chi connectivity index (χ1n) is 7.68. The van der Waals surface area contributed by atoms with Gasteiger partial charge in [0.1, 0.15) is 6.04 Å². The van der Waals surface area contributed by atoms with Crippen LogP contribution in [-0.2, 0) is 17.8 Å². The fraction of sp³-hybridized carbons (Fsp3) is 0.562. The number of carbonyl (C=O) groups excluding carboxylic acids is 1. The molecule has 1 saturated heterocycles. The molecule has 1 aromatic rings. The third-order valence-corrected chi connectivity index (χ3v) is 4.86. The number of amides is 1. The molecule has 0 spiro atoms. The molecule has 0 radical (unpaired) electrons. The first-order chi connectivity index (χ1) is 9.81. The first-order valence-corrected chi connectivity index (χ1v) is 7.68. The summed E-state index contributed by atoms with van der Waals surface area (Å²) in [6.07, 6.45) is 4.56. The van der Waals surface area contributed by atoms with Crippen LogP contribution >= 0.6 is 0 Å². The van der Waals surface area contributed by atoms with Crippen molar-refractivity contribution < 1.29 is 4.79 Å². The van der Waals surface area contributed by atoms with Crippen molar-refractivity contribution >= 4 is 5.91 Å². The van der Waals surface area contributed by atoms with Crippen LogP contribution < -0.4 is 10.9 Å². The standard InChI is InChI=1S/C16H21N3O/c20-16(15-9-14(17-18-15)12-5-6-12)19-8-7-11-3-1-2-4-13(11)10-19/h1-4,12,14-15,17-18H,5-10H2. The Balaban J connectivity index is 1.42. The molecular weight excluding hydrogens is 250 g/mol. The van der Waals surface area contributed by atoms with Crippen molar-refractivity contribution in [3.8, 4) is 0 Å². The minimum Gasteiger partial charge on any atom is -0.337 e. The van der Waals surface area contributed by atoms with Crippen molar-refractivity contribution in [1.82, 2.24) is 15.8 Å². The van der Waals surface area contributed by atoms with Gasteiger partial charge in [0, 0.05) is 19.1 Å². The number of carbonyl (C=O) groups is 1. The van der Waals surface area contributed by atoms with Gasteiger partial charge < -0.3 is 4.90 Å². The number of hydrogen-bond donors (Lipinski definition) is 2. The Morgan fingerprint density at radius 3 is 2.75 bits per heavy atom. The molecule has 2 atom stereocenters. The predicted octanol–water partition coefficient (Wildman–Crippen LogP) is 1.22. The van der Waals surface area contributed by atoms with Crippen LogP contribution in [0.2, 0.25) is 0 Å². The first kappa shape index (κ1) is 12.4. The Kier molecular flexibility index (Phi) is 3.00. The van der Waals surface area contributed by atoms with Crippen molar-refractivity contribution in [3.63, 3.8) is 0 Å². The van der Waals surface area contributed by atoms with Gasteiger partial charge in [-0.1, -0.05) is 24.3 Å².